The second-order valence-electron chi connectivity index (χ2n) is 5.24. The first-order chi connectivity index (χ1) is 11.2. The lowest BCUT2D eigenvalue weighted by Crippen LogP contribution is -2.36. The van der Waals surface area contributed by atoms with E-state index >= 15 is 0 Å². The number of alkyl halides is 1. The minimum atomic E-state index is -0.399. The Morgan fingerprint density at radius 2 is 1.87 bits per heavy atom. The van der Waals surface area contributed by atoms with Crippen LogP contribution in [0.4, 0.5) is 4.39 Å². The molecule has 118 valence electrons. The lowest BCUT2D eigenvalue weighted by atomic mass is 9.96. The summed E-state index contributed by atoms with van der Waals surface area (Å²) in [4.78, 5) is 1.19. The Morgan fingerprint density at radius 3 is 2.48 bits per heavy atom. The molecule has 2 aromatic carbocycles. The van der Waals surface area contributed by atoms with Crippen molar-refractivity contribution >= 4 is 5.96 Å². The Morgan fingerprint density at radius 1 is 1.17 bits per heavy atom. The van der Waals surface area contributed by atoms with Gasteiger partial charge in [-0.1, -0.05) is 54.6 Å². The van der Waals surface area contributed by atoms with Crippen molar-refractivity contribution in [2.75, 3.05) is 6.67 Å². The van der Waals surface area contributed by atoms with Crippen LogP contribution in [-0.4, -0.2) is 17.5 Å². The zero-order valence-corrected chi connectivity index (χ0v) is 12.7. The molecule has 5 heteroatoms. The summed E-state index contributed by atoms with van der Waals surface area (Å²) in [6.45, 7) is -0.399. The lowest BCUT2D eigenvalue weighted by Gasteiger charge is -2.26. The van der Waals surface area contributed by atoms with Crippen LogP contribution in [0.3, 0.4) is 0 Å². The Bertz CT molecular complexity index is 694. The van der Waals surface area contributed by atoms with E-state index in [0.717, 1.165) is 16.7 Å². The van der Waals surface area contributed by atoms with Gasteiger partial charge in [0.2, 0.25) is 5.96 Å². The average Bonchev–Trinajstić information content (AvgIpc) is 2.56. The molecule has 0 radical (unpaired) electrons. The number of aryl methyl sites for hydroxylation is 1. The first-order valence-electron chi connectivity index (χ1n) is 7.37. The molecule has 1 unspecified atom stereocenters. The standard InChI is InChI=1S/C18H19FN4/c19-10-9-14-5-4-6-15(11-14)12-17(23(13-20)18(21)22)16-7-2-1-3-8-16/h1-8,11,17H,9-10,12H2,(H3,21,22). The van der Waals surface area contributed by atoms with Crippen molar-refractivity contribution in [2.24, 2.45) is 5.73 Å². The Kier molecular flexibility index (Phi) is 5.70. The monoisotopic (exact) mass is 310 g/mol. The number of halogens is 1. The van der Waals surface area contributed by atoms with Crippen LogP contribution < -0.4 is 5.73 Å². The Labute approximate surface area is 135 Å². The maximum Gasteiger partial charge on any atom is 0.202 e. The predicted octanol–water partition coefficient (Wildman–Crippen LogP) is 3.16. The number of hydrogen-bond acceptors (Lipinski definition) is 2. The topological polar surface area (TPSA) is 76.9 Å². The highest BCUT2D eigenvalue weighted by Crippen LogP contribution is 2.25. The molecule has 0 saturated heterocycles. The van der Waals surface area contributed by atoms with Gasteiger partial charge in [0.05, 0.1) is 12.7 Å². The molecule has 0 bridgehead atoms. The summed E-state index contributed by atoms with van der Waals surface area (Å²) in [5.41, 5.74) is 8.35. The van der Waals surface area contributed by atoms with Crippen molar-refractivity contribution in [3.05, 3.63) is 71.3 Å². The van der Waals surface area contributed by atoms with Gasteiger partial charge in [0.15, 0.2) is 6.19 Å². The zero-order valence-electron chi connectivity index (χ0n) is 12.7. The van der Waals surface area contributed by atoms with Gasteiger partial charge in [0.1, 0.15) is 0 Å². The van der Waals surface area contributed by atoms with E-state index in [0.29, 0.717) is 12.8 Å². The van der Waals surface area contributed by atoms with E-state index in [1.165, 1.54) is 4.90 Å². The predicted molar refractivity (Wildman–Crippen MR) is 88.4 cm³/mol. The van der Waals surface area contributed by atoms with E-state index in [-0.39, 0.29) is 12.0 Å². The molecular formula is C18H19FN4. The molecule has 23 heavy (non-hydrogen) atoms. The highest BCUT2D eigenvalue weighted by atomic mass is 19.1. The number of nitriles is 1. The first kappa shape index (κ1) is 16.5. The van der Waals surface area contributed by atoms with Gasteiger partial charge >= 0.3 is 0 Å². The van der Waals surface area contributed by atoms with Crippen molar-refractivity contribution in [3.63, 3.8) is 0 Å². The third-order valence-corrected chi connectivity index (χ3v) is 3.67. The van der Waals surface area contributed by atoms with Crippen molar-refractivity contribution in [1.29, 1.82) is 10.7 Å². The normalized spacial score (nSPS) is 11.5. The number of guanidine groups is 1. The smallest absolute Gasteiger partial charge is 0.202 e. The van der Waals surface area contributed by atoms with E-state index in [4.69, 9.17) is 11.1 Å². The molecule has 1 atom stereocenters. The molecular weight excluding hydrogens is 291 g/mol. The molecule has 0 aliphatic carbocycles. The van der Waals surface area contributed by atoms with Crippen molar-refractivity contribution in [1.82, 2.24) is 4.90 Å². The number of nitrogens with two attached hydrogens (primary N) is 1. The summed E-state index contributed by atoms with van der Waals surface area (Å²) in [5, 5.41) is 17.0. The van der Waals surface area contributed by atoms with Gasteiger partial charge in [-0.2, -0.15) is 5.26 Å². The quantitative estimate of drug-likeness (QED) is 0.372. The summed E-state index contributed by atoms with van der Waals surface area (Å²) in [7, 11) is 0. The van der Waals surface area contributed by atoms with Gasteiger partial charge in [-0.15, -0.1) is 0 Å². The summed E-state index contributed by atoms with van der Waals surface area (Å²) in [5.74, 6) is -0.290. The van der Waals surface area contributed by atoms with Crippen molar-refractivity contribution in [3.8, 4) is 6.19 Å². The molecule has 0 saturated carbocycles. The van der Waals surface area contributed by atoms with Gasteiger partial charge in [0.25, 0.3) is 0 Å². The van der Waals surface area contributed by atoms with E-state index in [1.807, 2.05) is 60.8 Å². The molecule has 3 N–H and O–H groups in total. The van der Waals surface area contributed by atoms with Gasteiger partial charge < -0.3 is 5.73 Å². The zero-order chi connectivity index (χ0) is 16.7. The molecule has 2 rings (SSSR count). The van der Waals surface area contributed by atoms with E-state index in [1.54, 1.807) is 0 Å². The molecule has 4 nitrogen and oxygen atoms in total. The molecule has 0 heterocycles. The van der Waals surface area contributed by atoms with Crippen LogP contribution in [0.2, 0.25) is 0 Å². The second kappa shape index (κ2) is 7.95. The summed E-state index contributed by atoms with van der Waals surface area (Å²) in [6, 6.07) is 16.8. The minimum Gasteiger partial charge on any atom is -0.369 e. The van der Waals surface area contributed by atoms with Crippen molar-refractivity contribution in [2.45, 2.75) is 18.9 Å². The fourth-order valence-corrected chi connectivity index (χ4v) is 2.57. The molecule has 0 aromatic heterocycles. The fraction of sp³-hybridized carbons (Fsp3) is 0.222. The summed E-state index contributed by atoms with van der Waals surface area (Å²) < 4.78 is 12.5. The second-order valence-corrected chi connectivity index (χ2v) is 5.24. The Hall–Kier alpha value is -2.87. The van der Waals surface area contributed by atoms with Crippen LogP contribution in [0, 0.1) is 16.9 Å². The van der Waals surface area contributed by atoms with Gasteiger partial charge in [0, 0.05) is 6.42 Å². The molecule has 2 aromatic rings. The molecule has 0 aliphatic heterocycles. The third-order valence-electron chi connectivity index (χ3n) is 3.67. The largest absolute Gasteiger partial charge is 0.369 e. The van der Waals surface area contributed by atoms with Gasteiger partial charge in [-0.3, -0.25) is 9.80 Å². The average molecular weight is 310 g/mol. The SMILES string of the molecule is N#CN(C(=N)N)C(Cc1cccc(CCF)c1)c1ccccc1. The van der Waals surface area contributed by atoms with E-state index in [9.17, 15) is 9.65 Å². The van der Waals surface area contributed by atoms with Crippen LogP contribution >= 0.6 is 0 Å². The number of benzene rings is 2. The third kappa shape index (κ3) is 4.30. The van der Waals surface area contributed by atoms with Gasteiger partial charge in [-0.25, -0.2) is 4.90 Å². The molecule has 0 aliphatic rings. The maximum atomic E-state index is 12.5. The van der Waals surface area contributed by atoms with E-state index in [2.05, 4.69) is 0 Å². The minimum absolute atomic E-state index is 0.290. The molecule has 0 amide bonds. The van der Waals surface area contributed by atoms with Gasteiger partial charge in [-0.05, 0) is 23.1 Å². The highest BCUT2D eigenvalue weighted by molar-refractivity contribution is 5.76. The summed E-state index contributed by atoms with van der Waals surface area (Å²) in [6.07, 6.45) is 2.87. The first-order valence-corrected chi connectivity index (χ1v) is 7.37. The fourth-order valence-electron chi connectivity index (χ4n) is 2.57. The van der Waals surface area contributed by atoms with Crippen molar-refractivity contribution < 1.29 is 4.39 Å². The van der Waals surface area contributed by atoms with Crippen LogP contribution in [0.1, 0.15) is 22.7 Å². The molecule has 0 spiro atoms. The van der Waals surface area contributed by atoms with Crippen LogP contribution in [-0.2, 0) is 12.8 Å². The number of nitrogens with one attached hydrogen (secondary N) is 1. The van der Waals surface area contributed by atoms with Crippen LogP contribution in [0.25, 0.3) is 0 Å². The highest BCUT2D eigenvalue weighted by Gasteiger charge is 2.22. The molecule has 0 fully saturated rings. The summed E-state index contributed by atoms with van der Waals surface area (Å²) >= 11 is 0. The number of nitrogens with zero attached hydrogens (tertiary/aromatic N) is 2. The lowest BCUT2D eigenvalue weighted by molar-refractivity contribution is 0.416. The number of rotatable bonds is 6. The number of hydrogen-bond donors (Lipinski definition) is 2. The maximum absolute atomic E-state index is 12.5. The van der Waals surface area contributed by atoms with Crippen LogP contribution in [0.15, 0.2) is 54.6 Å². The van der Waals surface area contributed by atoms with Crippen LogP contribution in [0.5, 0.6) is 0 Å². The Balaban J connectivity index is 2.33. The van der Waals surface area contributed by atoms with E-state index < -0.39 is 6.67 Å².